The van der Waals surface area contributed by atoms with Gasteiger partial charge in [0.1, 0.15) is 67.1 Å². The van der Waals surface area contributed by atoms with Crippen LogP contribution in [0.2, 0.25) is 0 Å². The van der Waals surface area contributed by atoms with Crippen molar-refractivity contribution in [2.24, 2.45) is 62.6 Å². The van der Waals surface area contributed by atoms with Crippen LogP contribution in [0.4, 0.5) is 0 Å². The number of hydrogen-bond acceptors (Lipinski definition) is 20. The van der Waals surface area contributed by atoms with Crippen molar-refractivity contribution in [3.8, 4) is 0 Å². The second kappa shape index (κ2) is 20.3. The molecule has 3 heterocycles. The van der Waals surface area contributed by atoms with Gasteiger partial charge in [-0.1, -0.05) is 27.7 Å². The highest BCUT2D eigenvalue weighted by Crippen LogP contribution is 2.78. The molecule has 0 radical (unpaired) electrons. The highest BCUT2D eigenvalue weighted by Gasteiger charge is 2.74. The van der Waals surface area contributed by atoms with Gasteiger partial charge in [-0.05, 0) is 124 Å². The number of carboxylic acids is 1. The molecule has 0 aromatic heterocycles. The average Bonchev–Trinajstić information content (AvgIpc) is 3.74. The highest BCUT2D eigenvalue weighted by molar-refractivity contribution is 5.78. The number of rotatable bonds is 13. The van der Waals surface area contributed by atoms with E-state index in [-0.39, 0.29) is 51.8 Å². The van der Waals surface area contributed by atoms with Crippen molar-refractivity contribution in [3.05, 3.63) is 0 Å². The molecule has 71 heavy (non-hydrogen) atoms. The zero-order valence-electron chi connectivity index (χ0n) is 42.3. The molecule has 0 unspecified atom stereocenters. The van der Waals surface area contributed by atoms with E-state index in [0.717, 1.165) is 25.7 Å². The first-order valence-corrected chi connectivity index (χ1v) is 25.8. The molecule has 21 nitrogen and oxygen atoms in total. The predicted molar refractivity (Wildman–Crippen MR) is 243 cm³/mol. The summed E-state index contributed by atoms with van der Waals surface area (Å²) >= 11 is 0. The van der Waals surface area contributed by atoms with Crippen LogP contribution in [-0.4, -0.2) is 200 Å². The van der Waals surface area contributed by atoms with E-state index in [1.807, 2.05) is 0 Å². The lowest BCUT2D eigenvalue weighted by atomic mass is 9.32. The Morgan fingerprint density at radius 1 is 0.648 bits per heavy atom. The Morgan fingerprint density at radius 3 is 1.93 bits per heavy atom. The molecule has 3 aliphatic heterocycles. The van der Waals surface area contributed by atoms with Gasteiger partial charge < -0.3 is 94.1 Å². The molecule has 8 fully saturated rings. The van der Waals surface area contributed by atoms with Crippen LogP contribution in [0.25, 0.3) is 0 Å². The van der Waals surface area contributed by atoms with E-state index in [9.17, 15) is 61.0 Å². The van der Waals surface area contributed by atoms with Crippen molar-refractivity contribution < 1.29 is 104 Å². The molecular formula is C50H82O21. The Hall–Kier alpha value is -1.74. The smallest absolute Gasteiger partial charge is 0.314 e. The fraction of sp³-hybridized carbons (Fsp3) is 0.960. The summed E-state index contributed by atoms with van der Waals surface area (Å²) < 4.78 is 46.5. The zero-order chi connectivity index (χ0) is 52.1. The number of fused-ring (bicyclic) bond motifs is 7. The molecule has 0 spiro atoms. The van der Waals surface area contributed by atoms with E-state index >= 15 is 4.79 Å². The Labute approximate surface area is 415 Å². The van der Waals surface area contributed by atoms with Gasteiger partial charge in [0.15, 0.2) is 18.9 Å². The van der Waals surface area contributed by atoms with Crippen LogP contribution >= 0.6 is 0 Å². The summed E-state index contributed by atoms with van der Waals surface area (Å²) in [7, 11) is 3.18. The number of aliphatic carboxylic acids is 1. The molecule has 0 amide bonds. The Kier molecular flexibility index (Phi) is 15.9. The van der Waals surface area contributed by atoms with Crippen LogP contribution in [-0.2, 0) is 47.5 Å². The Bertz CT molecular complexity index is 1890. The minimum atomic E-state index is -1.89. The molecule has 0 bridgehead atoms. The molecule has 408 valence electrons. The van der Waals surface area contributed by atoms with Crippen molar-refractivity contribution in [1.82, 2.24) is 0 Å². The summed E-state index contributed by atoms with van der Waals surface area (Å²) in [5, 5.41) is 119. The van der Waals surface area contributed by atoms with Crippen LogP contribution in [0, 0.1) is 62.6 Å². The molecule has 21 heteroatoms. The molecular weight excluding hydrogens is 937 g/mol. The van der Waals surface area contributed by atoms with Crippen molar-refractivity contribution in [2.45, 2.75) is 210 Å². The quantitative estimate of drug-likeness (QED) is 0.0838. The third kappa shape index (κ3) is 8.64. The number of carbonyl (C=O) groups is 2. The molecule has 8 aliphatic rings. The van der Waals surface area contributed by atoms with Gasteiger partial charge in [0, 0.05) is 20.1 Å². The number of carboxylic acid groups (broad SMARTS) is 1. The van der Waals surface area contributed by atoms with E-state index in [4.69, 9.17) is 37.9 Å². The molecule has 5 saturated carbocycles. The number of hydrogen-bond donors (Lipinski definition) is 11. The maximum Gasteiger partial charge on any atom is 0.314 e. The molecule has 3 saturated heterocycles. The maximum atomic E-state index is 15.2. The minimum Gasteiger partial charge on any atom is -0.481 e. The van der Waals surface area contributed by atoms with Gasteiger partial charge in [-0.3, -0.25) is 9.59 Å². The standard InChI is InChI=1S/C50H82O21/c1-21(40(64-7)65-8)23-11-16-50(18-17-47(4)24(30(23)50)9-10-27-46(3)14-13-29(52)49(6,44(61)62)28(46)12-15-48(27,47)5)45(63)71-43-37(59)34(56)32(54)26(69-43)20-66-41-38(60)35(57)39(25(19-51)68-41)70-42-36(58)33(55)31(53)22(2)67-42/h21-43,51-60H,9-20H2,1-8H3,(H,61,62)/t21-,22-,23-,24+,25-,26-,27+,28+,29+,30+,31-,32-,33+,34+,35-,36+,37-,38-,39-,41-,42+,43+,46+,47+,48+,49-,50-/m0/s1. The predicted octanol–water partition coefficient (Wildman–Crippen LogP) is -0.232. The molecule has 5 aliphatic carbocycles. The summed E-state index contributed by atoms with van der Waals surface area (Å²) in [5.41, 5.74) is -3.22. The SMILES string of the molecule is COC(OC)[C@@H](C)[C@@H]1CC[C@]2(C(=O)O[C@H]3O[C@@H](CO[C@H]4O[C@@H](CO)[C@H](O[C@H]5O[C@@H](C)[C@H](O)[C@@H](O)[C@H]5O)[C@@H](O)[C@@H]4O)[C@H](O)[C@@H](O)[C@@H]3O)CC[C@]3(C)[C@H](CC[C@@H]4[C@@]5(C)CC[C@@H](O)[C@@](C)(C(=O)O)[C@@H]5CC[C@]43C)[C@@H]12. The monoisotopic (exact) mass is 1020 g/mol. The average molecular weight is 1020 g/mol. The molecule has 0 aromatic rings. The van der Waals surface area contributed by atoms with Crippen LogP contribution in [0.3, 0.4) is 0 Å². The topological polar surface area (TPSA) is 331 Å². The number of aliphatic hydroxyl groups excluding tert-OH is 10. The van der Waals surface area contributed by atoms with E-state index in [1.165, 1.54) is 6.92 Å². The van der Waals surface area contributed by atoms with Gasteiger partial charge in [-0.25, -0.2) is 0 Å². The lowest BCUT2D eigenvalue weighted by molar-refractivity contribution is -0.361. The number of esters is 1. The number of ether oxygens (including phenoxy) is 8. The first-order valence-electron chi connectivity index (χ1n) is 25.8. The fourth-order valence-corrected chi connectivity index (χ4v) is 16.5. The molecule has 8 rings (SSSR count). The summed E-state index contributed by atoms with van der Waals surface area (Å²) in [6, 6.07) is 0. The number of carbonyl (C=O) groups excluding carboxylic acids is 1. The first-order chi connectivity index (χ1) is 33.3. The Morgan fingerprint density at radius 2 is 1.28 bits per heavy atom. The lowest BCUT2D eigenvalue weighted by Crippen LogP contribution is -2.68. The largest absolute Gasteiger partial charge is 0.481 e. The normalized spacial score (nSPS) is 53.5. The van der Waals surface area contributed by atoms with Crippen LogP contribution < -0.4 is 0 Å². The van der Waals surface area contributed by atoms with E-state index in [0.29, 0.717) is 38.5 Å². The first kappa shape index (κ1) is 55.5. The third-order valence-corrected chi connectivity index (χ3v) is 20.8. The Balaban J connectivity index is 1.00. The lowest BCUT2D eigenvalue weighted by Gasteiger charge is -2.72. The fourth-order valence-electron chi connectivity index (χ4n) is 16.5. The molecule has 27 atom stereocenters. The molecule has 11 N–H and O–H groups in total. The van der Waals surface area contributed by atoms with E-state index < -0.39 is 140 Å². The van der Waals surface area contributed by atoms with Gasteiger partial charge in [0.05, 0.1) is 36.3 Å². The number of methoxy groups -OCH3 is 2. The third-order valence-electron chi connectivity index (χ3n) is 20.8. The van der Waals surface area contributed by atoms with E-state index in [2.05, 4.69) is 27.7 Å². The summed E-state index contributed by atoms with van der Waals surface area (Å²) in [6.45, 7) is 10.7. The van der Waals surface area contributed by atoms with Gasteiger partial charge in [0.25, 0.3) is 0 Å². The van der Waals surface area contributed by atoms with Gasteiger partial charge in [-0.2, -0.15) is 0 Å². The van der Waals surface area contributed by atoms with Crippen LogP contribution in [0.1, 0.15) is 106 Å². The van der Waals surface area contributed by atoms with Gasteiger partial charge >= 0.3 is 11.9 Å². The zero-order valence-corrected chi connectivity index (χ0v) is 42.3. The molecule has 0 aromatic carbocycles. The van der Waals surface area contributed by atoms with Gasteiger partial charge in [0.2, 0.25) is 6.29 Å². The van der Waals surface area contributed by atoms with Crippen molar-refractivity contribution in [3.63, 3.8) is 0 Å². The van der Waals surface area contributed by atoms with E-state index in [1.54, 1.807) is 21.1 Å². The number of aliphatic hydroxyl groups is 10. The second-order valence-corrected chi connectivity index (χ2v) is 23.6. The van der Waals surface area contributed by atoms with Gasteiger partial charge in [-0.15, -0.1) is 0 Å². The van der Waals surface area contributed by atoms with Crippen molar-refractivity contribution in [1.29, 1.82) is 0 Å². The van der Waals surface area contributed by atoms with Crippen molar-refractivity contribution >= 4 is 11.9 Å². The van der Waals surface area contributed by atoms with Crippen LogP contribution in [0.15, 0.2) is 0 Å². The summed E-state index contributed by atoms with van der Waals surface area (Å²) in [6.07, 6.45) is -19.8. The van der Waals surface area contributed by atoms with Crippen molar-refractivity contribution in [2.75, 3.05) is 27.4 Å². The second-order valence-electron chi connectivity index (χ2n) is 23.6. The van der Waals surface area contributed by atoms with Crippen LogP contribution in [0.5, 0.6) is 0 Å². The minimum absolute atomic E-state index is 0.00800. The summed E-state index contributed by atoms with van der Waals surface area (Å²) in [4.78, 5) is 28.2. The highest BCUT2D eigenvalue weighted by atomic mass is 16.8. The summed E-state index contributed by atoms with van der Waals surface area (Å²) in [5.74, 6) is -2.09. The maximum absolute atomic E-state index is 15.2.